The zero-order valence-corrected chi connectivity index (χ0v) is 14.1. The van der Waals surface area contributed by atoms with E-state index in [9.17, 15) is 10.1 Å². The van der Waals surface area contributed by atoms with Crippen molar-refractivity contribution in [3.63, 3.8) is 0 Å². The normalized spacial score (nSPS) is 9.32. The number of nitriles is 2. The molecule has 0 N–H and O–H groups in total. The Morgan fingerprint density at radius 3 is 2.05 bits per heavy atom. The third-order valence-electron chi connectivity index (χ3n) is 2.61. The molecule has 0 spiro atoms. The maximum Gasteiger partial charge on any atom is 0.269 e. The summed E-state index contributed by atoms with van der Waals surface area (Å²) in [5.74, 6) is 0. The van der Waals surface area contributed by atoms with Gasteiger partial charge in [0.15, 0.2) is 0 Å². The second-order valence-electron chi connectivity index (χ2n) is 3.79. The minimum atomic E-state index is -0.519. The molecular formula is C14H10ClN3O2S2. The maximum atomic E-state index is 10.7. The van der Waals surface area contributed by atoms with Crippen LogP contribution in [0.25, 0.3) is 5.57 Å². The van der Waals surface area contributed by atoms with Gasteiger partial charge in [-0.1, -0.05) is 11.6 Å². The highest BCUT2D eigenvalue weighted by Crippen LogP contribution is 2.39. The molecule has 0 unspecified atom stereocenters. The second kappa shape index (κ2) is 8.50. The van der Waals surface area contributed by atoms with Gasteiger partial charge in [-0.15, -0.1) is 23.5 Å². The van der Waals surface area contributed by atoms with Crippen LogP contribution in [0.15, 0.2) is 39.1 Å². The number of non-ortho nitro benzene ring substituents is 1. The largest absolute Gasteiger partial charge is 0.269 e. The van der Waals surface area contributed by atoms with Gasteiger partial charge in [-0.05, 0) is 30.2 Å². The van der Waals surface area contributed by atoms with E-state index in [0.29, 0.717) is 5.56 Å². The Labute approximate surface area is 141 Å². The van der Waals surface area contributed by atoms with Gasteiger partial charge in [0, 0.05) is 17.7 Å². The van der Waals surface area contributed by atoms with E-state index >= 15 is 0 Å². The predicted molar refractivity (Wildman–Crippen MR) is 91.2 cm³/mol. The third-order valence-corrected chi connectivity index (χ3v) is 5.36. The lowest BCUT2D eigenvalue weighted by atomic mass is 10.0. The van der Waals surface area contributed by atoms with Crippen LogP contribution in [0.2, 0.25) is 0 Å². The molecule has 0 aliphatic rings. The first-order valence-corrected chi connectivity index (χ1v) is 8.60. The van der Waals surface area contributed by atoms with Crippen molar-refractivity contribution in [2.75, 3.05) is 12.5 Å². The van der Waals surface area contributed by atoms with Crippen LogP contribution >= 0.6 is 35.1 Å². The molecule has 0 amide bonds. The summed E-state index contributed by atoms with van der Waals surface area (Å²) in [6, 6.07) is 9.21. The Morgan fingerprint density at radius 1 is 1.18 bits per heavy atom. The number of thioether (sulfide) groups is 2. The minimum Gasteiger partial charge on any atom is -0.258 e. The summed E-state index contributed by atoms with van der Waals surface area (Å²) in [6.07, 6.45) is 3.67. The molecule has 0 saturated heterocycles. The van der Waals surface area contributed by atoms with E-state index in [0.717, 1.165) is 4.24 Å². The number of nitrogens with zero attached hydrogens (tertiary/aromatic N) is 3. The summed E-state index contributed by atoms with van der Waals surface area (Å²) < 4.78 is 0.748. The van der Waals surface area contributed by atoms with E-state index in [1.54, 1.807) is 0 Å². The molecule has 0 aromatic heterocycles. The molecular weight excluding hydrogens is 342 g/mol. The smallest absolute Gasteiger partial charge is 0.258 e. The first kappa shape index (κ1) is 18.1. The van der Waals surface area contributed by atoms with Crippen LogP contribution in [0.4, 0.5) is 5.69 Å². The molecule has 0 aliphatic carbocycles. The predicted octanol–water partition coefficient (Wildman–Crippen LogP) is 4.53. The quantitative estimate of drug-likeness (QED) is 0.335. The molecule has 8 heteroatoms. The Balaban J connectivity index is 3.59. The van der Waals surface area contributed by atoms with E-state index in [4.69, 9.17) is 22.1 Å². The summed E-state index contributed by atoms with van der Waals surface area (Å²) in [7, 11) is 0. The van der Waals surface area contributed by atoms with Crippen LogP contribution in [0.1, 0.15) is 5.56 Å². The highest BCUT2D eigenvalue weighted by Gasteiger charge is 2.17. The number of allylic oxidation sites excluding steroid dienone is 3. The van der Waals surface area contributed by atoms with Crippen LogP contribution in [-0.2, 0) is 0 Å². The fraction of sp³-hybridized carbons (Fsp3) is 0.143. The molecule has 0 aliphatic heterocycles. The van der Waals surface area contributed by atoms with E-state index in [1.165, 1.54) is 47.8 Å². The first-order valence-electron chi connectivity index (χ1n) is 5.77. The second-order valence-corrected chi connectivity index (χ2v) is 6.06. The fourth-order valence-electron chi connectivity index (χ4n) is 1.63. The molecule has 0 radical (unpaired) electrons. The standard InChI is InChI=1S/C14H10ClN3O2S2/c1-21-14(22-2)13(15)12(10(7-16)8-17)9-3-5-11(6-4-9)18(19)20/h3-6H,1-2H3. The van der Waals surface area contributed by atoms with Gasteiger partial charge in [0.25, 0.3) is 5.69 Å². The first-order chi connectivity index (χ1) is 10.5. The summed E-state index contributed by atoms with van der Waals surface area (Å²) in [5, 5.41) is 29.3. The lowest BCUT2D eigenvalue weighted by Crippen LogP contribution is -1.94. The van der Waals surface area contributed by atoms with Gasteiger partial charge in [-0.3, -0.25) is 10.1 Å². The van der Waals surface area contributed by atoms with Crippen molar-refractivity contribution in [2.24, 2.45) is 0 Å². The van der Waals surface area contributed by atoms with Crippen LogP contribution in [-0.4, -0.2) is 17.4 Å². The van der Waals surface area contributed by atoms with Crippen LogP contribution in [0.5, 0.6) is 0 Å². The van der Waals surface area contributed by atoms with Crippen molar-refractivity contribution in [3.05, 3.63) is 54.8 Å². The van der Waals surface area contributed by atoms with E-state index in [1.807, 2.05) is 24.6 Å². The molecule has 0 fully saturated rings. The van der Waals surface area contributed by atoms with Crippen molar-refractivity contribution >= 4 is 46.4 Å². The number of hydrogen-bond acceptors (Lipinski definition) is 6. The lowest BCUT2D eigenvalue weighted by molar-refractivity contribution is -0.384. The average molecular weight is 352 g/mol. The highest BCUT2D eigenvalue weighted by atomic mass is 35.5. The van der Waals surface area contributed by atoms with Crippen molar-refractivity contribution in [1.82, 2.24) is 0 Å². The van der Waals surface area contributed by atoms with Crippen molar-refractivity contribution in [3.8, 4) is 12.1 Å². The lowest BCUT2D eigenvalue weighted by Gasteiger charge is -2.10. The SMILES string of the molecule is CSC(SC)=C(Cl)C(=C(C#N)C#N)c1ccc([N+](=O)[O-])cc1. The molecule has 112 valence electrons. The molecule has 0 bridgehead atoms. The topological polar surface area (TPSA) is 90.7 Å². The van der Waals surface area contributed by atoms with E-state index in [2.05, 4.69) is 0 Å². The molecule has 22 heavy (non-hydrogen) atoms. The van der Waals surface area contributed by atoms with Gasteiger partial charge in [-0.25, -0.2) is 0 Å². The summed E-state index contributed by atoms with van der Waals surface area (Å²) in [6.45, 7) is 0. The maximum absolute atomic E-state index is 10.7. The van der Waals surface area contributed by atoms with Crippen molar-refractivity contribution < 1.29 is 4.92 Å². The van der Waals surface area contributed by atoms with Gasteiger partial charge in [-0.2, -0.15) is 10.5 Å². The number of rotatable bonds is 5. The van der Waals surface area contributed by atoms with Crippen LogP contribution in [0.3, 0.4) is 0 Å². The Bertz CT molecular complexity index is 706. The molecule has 5 nitrogen and oxygen atoms in total. The monoisotopic (exact) mass is 351 g/mol. The van der Waals surface area contributed by atoms with Crippen molar-refractivity contribution in [2.45, 2.75) is 0 Å². The highest BCUT2D eigenvalue weighted by molar-refractivity contribution is 8.21. The zero-order valence-electron chi connectivity index (χ0n) is 11.7. The average Bonchev–Trinajstić information content (AvgIpc) is 2.53. The summed E-state index contributed by atoms with van der Waals surface area (Å²) >= 11 is 9.14. The van der Waals surface area contributed by atoms with Crippen molar-refractivity contribution in [1.29, 1.82) is 10.5 Å². The zero-order chi connectivity index (χ0) is 16.7. The molecule has 0 saturated carbocycles. The minimum absolute atomic E-state index is 0.0753. The Morgan fingerprint density at radius 2 is 1.68 bits per heavy atom. The third kappa shape index (κ3) is 4.05. The van der Waals surface area contributed by atoms with Gasteiger partial charge in [0.2, 0.25) is 0 Å². The molecule has 0 heterocycles. The number of nitro groups is 1. The van der Waals surface area contributed by atoms with Crippen LogP contribution in [0, 0.1) is 32.8 Å². The van der Waals surface area contributed by atoms with E-state index in [-0.39, 0.29) is 21.9 Å². The van der Waals surface area contributed by atoms with Gasteiger partial charge in [0.1, 0.15) is 17.7 Å². The molecule has 1 aromatic rings. The number of halogens is 1. The summed E-state index contributed by atoms with van der Waals surface area (Å²) in [4.78, 5) is 10.2. The Hall–Kier alpha value is -1.93. The van der Waals surface area contributed by atoms with Crippen LogP contribution < -0.4 is 0 Å². The fourth-order valence-corrected chi connectivity index (χ4v) is 3.53. The molecule has 1 aromatic carbocycles. The number of hydrogen-bond donors (Lipinski definition) is 0. The number of nitro benzene ring substituents is 1. The Kier molecular flexibility index (Phi) is 7.00. The number of benzene rings is 1. The summed E-state index contributed by atoms with van der Waals surface area (Å²) in [5.41, 5.74) is 0.544. The van der Waals surface area contributed by atoms with Gasteiger partial charge in [0.05, 0.1) is 14.2 Å². The van der Waals surface area contributed by atoms with E-state index < -0.39 is 4.92 Å². The molecule has 1 rings (SSSR count). The molecule has 0 atom stereocenters. The van der Waals surface area contributed by atoms with Gasteiger partial charge < -0.3 is 0 Å². The van der Waals surface area contributed by atoms with Gasteiger partial charge >= 0.3 is 0 Å².